The second-order valence-electron chi connectivity index (χ2n) is 2.70. The van der Waals surface area contributed by atoms with E-state index in [-0.39, 0.29) is 0 Å². The monoisotopic (exact) mass is 186 g/mol. The van der Waals surface area contributed by atoms with E-state index < -0.39 is 13.0 Å². The van der Waals surface area contributed by atoms with Crippen LogP contribution in [0.2, 0.25) is 0 Å². The number of hydrogen-bond donors (Lipinski definition) is 0. The van der Waals surface area contributed by atoms with Crippen LogP contribution < -0.4 is 4.74 Å². The number of rotatable bonds is 4. The Morgan fingerprint density at radius 3 is 2.77 bits per heavy atom. The van der Waals surface area contributed by atoms with E-state index in [0.717, 1.165) is 12.0 Å². The lowest BCUT2D eigenvalue weighted by molar-refractivity contribution is 0.0818. The molecule has 1 nitrogen and oxygen atoms in total. The molecule has 0 aliphatic carbocycles. The predicted octanol–water partition coefficient (Wildman–Crippen LogP) is 2.89. The van der Waals surface area contributed by atoms with E-state index in [1.807, 2.05) is 13.0 Å². The average Bonchev–Trinajstić information content (AvgIpc) is 2.15. The summed E-state index contributed by atoms with van der Waals surface area (Å²) >= 11 is 0. The van der Waals surface area contributed by atoms with Gasteiger partial charge < -0.3 is 4.74 Å². The highest BCUT2D eigenvalue weighted by atomic mass is 19.3. The van der Waals surface area contributed by atoms with Crippen LogP contribution in [0.1, 0.15) is 12.5 Å². The lowest BCUT2D eigenvalue weighted by Crippen LogP contribution is -2.06. The van der Waals surface area contributed by atoms with E-state index in [0.29, 0.717) is 5.75 Å². The van der Waals surface area contributed by atoms with E-state index in [4.69, 9.17) is 4.74 Å². The van der Waals surface area contributed by atoms with Crippen LogP contribution in [0.4, 0.5) is 8.78 Å². The maximum atomic E-state index is 11.8. The van der Waals surface area contributed by atoms with Crippen LogP contribution in [0.5, 0.6) is 5.75 Å². The first-order valence-electron chi connectivity index (χ1n) is 4.22. The highest BCUT2D eigenvalue weighted by Gasteiger charge is 2.03. The van der Waals surface area contributed by atoms with Gasteiger partial charge in [0.25, 0.3) is 6.43 Å². The molecular weight excluding hydrogens is 174 g/mol. The zero-order valence-electron chi connectivity index (χ0n) is 7.47. The lowest BCUT2D eigenvalue weighted by atomic mass is 10.2. The number of ether oxygens (including phenoxy) is 1. The summed E-state index contributed by atoms with van der Waals surface area (Å²) in [5.74, 6) is 0.514. The molecule has 0 amide bonds. The molecule has 0 spiro atoms. The first kappa shape index (κ1) is 9.96. The molecule has 1 aromatic rings. The van der Waals surface area contributed by atoms with Gasteiger partial charge in [-0.2, -0.15) is 0 Å². The highest BCUT2D eigenvalue weighted by molar-refractivity contribution is 5.28. The topological polar surface area (TPSA) is 9.23 Å². The number of aryl methyl sites for hydroxylation is 1. The summed E-state index contributed by atoms with van der Waals surface area (Å²) in [5.41, 5.74) is 1.09. The van der Waals surface area contributed by atoms with Crippen molar-refractivity contribution in [3.8, 4) is 5.75 Å². The number of hydrogen-bond acceptors (Lipinski definition) is 1. The Kier molecular flexibility index (Phi) is 3.68. The van der Waals surface area contributed by atoms with E-state index in [1.165, 1.54) is 0 Å². The Morgan fingerprint density at radius 2 is 2.15 bits per heavy atom. The molecule has 0 unspecified atom stereocenters. The normalized spacial score (nSPS) is 10.5. The molecule has 0 aromatic heterocycles. The summed E-state index contributed by atoms with van der Waals surface area (Å²) in [5, 5.41) is 0. The second kappa shape index (κ2) is 4.80. The first-order chi connectivity index (χ1) is 6.22. The molecule has 1 aromatic carbocycles. The van der Waals surface area contributed by atoms with Crippen molar-refractivity contribution in [2.24, 2.45) is 0 Å². The number of alkyl halides is 2. The van der Waals surface area contributed by atoms with Crippen LogP contribution in [0.3, 0.4) is 0 Å². The summed E-state index contributed by atoms with van der Waals surface area (Å²) in [4.78, 5) is 0. The van der Waals surface area contributed by atoms with Crippen LogP contribution in [-0.4, -0.2) is 13.0 Å². The molecular formula is C10H12F2O. The maximum absolute atomic E-state index is 11.8. The SMILES string of the molecule is CCc1cccc(OCC(F)F)c1. The molecule has 0 saturated carbocycles. The minimum Gasteiger partial charge on any atom is -0.488 e. The van der Waals surface area contributed by atoms with Gasteiger partial charge in [-0.25, -0.2) is 8.78 Å². The zero-order chi connectivity index (χ0) is 9.68. The van der Waals surface area contributed by atoms with Gasteiger partial charge in [-0.3, -0.25) is 0 Å². The van der Waals surface area contributed by atoms with Gasteiger partial charge in [0.05, 0.1) is 0 Å². The van der Waals surface area contributed by atoms with Crippen LogP contribution in [0.25, 0.3) is 0 Å². The molecule has 0 atom stereocenters. The van der Waals surface area contributed by atoms with Gasteiger partial charge in [0, 0.05) is 0 Å². The van der Waals surface area contributed by atoms with E-state index in [9.17, 15) is 8.78 Å². The van der Waals surface area contributed by atoms with Gasteiger partial charge in [0.1, 0.15) is 12.4 Å². The fourth-order valence-electron chi connectivity index (χ4n) is 1.01. The van der Waals surface area contributed by atoms with Crippen molar-refractivity contribution >= 4 is 0 Å². The Bertz CT molecular complexity index is 261. The quantitative estimate of drug-likeness (QED) is 0.702. The average molecular weight is 186 g/mol. The largest absolute Gasteiger partial charge is 0.488 e. The van der Waals surface area contributed by atoms with Crippen molar-refractivity contribution < 1.29 is 13.5 Å². The first-order valence-corrected chi connectivity index (χ1v) is 4.22. The van der Waals surface area contributed by atoms with Gasteiger partial charge in [0.15, 0.2) is 0 Å². The fraction of sp³-hybridized carbons (Fsp3) is 0.400. The molecule has 0 saturated heterocycles. The van der Waals surface area contributed by atoms with Gasteiger partial charge in [0.2, 0.25) is 0 Å². The molecule has 72 valence electrons. The van der Waals surface area contributed by atoms with E-state index >= 15 is 0 Å². The molecule has 1 rings (SSSR count). The number of halogens is 2. The minimum absolute atomic E-state index is 0.514. The van der Waals surface area contributed by atoms with Crippen LogP contribution >= 0.6 is 0 Å². The molecule has 0 bridgehead atoms. The molecule has 0 heterocycles. The van der Waals surface area contributed by atoms with Crippen LogP contribution in [-0.2, 0) is 6.42 Å². The Labute approximate surface area is 76.3 Å². The van der Waals surface area contributed by atoms with Crippen molar-refractivity contribution in [3.05, 3.63) is 29.8 Å². The second-order valence-corrected chi connectivity index (χ2v) is 2.70. The highest BCUT2D eigenvalue weighted by Crippen LogP contribution is 2.14. The minimum atomic E-state index is -2.41. The third-order valence-corrected chi connectivity index (χ3v) is 1.68. The summed E-state index contributed by atoms with van der Waals surface area (Å²) < 4.78 is 28.4. The smallest absolute Gasteiger partial charge is 0.272 e. The molecule has 3 heteroatoms. The zero-order valence-corrected chi connectivity index (χ0v) is 7.47. The molecule has 0 aliphatic rings. The van der Waals surface area contributed by atoms with Crippen molar-refractivity contribution in [3.63, 3.8) is 0 Å². The van der Waals surface area contributed by atoms with E-state index in [2.05, 4.69) is 0 Å². The molecule has 0 N–H and O–H groups in total. The summed E-state index contributed by atoms with van der Waals surface area (Å²) in [7, 11) is 0. The van der Waals surface area contributed by atoms with Gasteiger partial charge in [-0.1, -0.05) is 19.1 Å². The predicted molar refractivity (Wildman–Crippen MR) is 47.3 cm³/mol. The van der Waals surface area contributed by atoms with Gasteiger partial charge in [-0.05, 0) is 24.1 Å². The maximum Gasteiger partial charge on any atom is 0.272 e. The Morgan fingerprint density at radius 1 is 1.38 bits per heavy atom. The standard InChI is InChI=1S/C10H12F2O/c1-2-8-4-3-5-9(6-8)13-7-10(11)12/h3-6,10H,2,7H2,1H3. The van der Waals surface area contributed by atoms with Gasteiger partial charge in [-0.15, -0.1) is 0 Å². The Hall–Kier alpha value is -1.12. The number of benzene rings is 1. The van der Waals surface area contributed by atoms with Crippen LogP contribution in [0, 0.1) is 0 Å². The lowest BCUT2D eigenvalue weighted by Gasteiger charge is -2.06. The third-order valence-electron chi connectivity index (χ3n) is 1.68. The van der Waals surface area contributed by atoms with Crippen molar-refractivity contribution in [2.45, 2.75) is 19.8 Å². The summed E-state index contributed by atoms with van der Waals surface area (Å²) in [6.07, 6.45) is -1.53. The molecule has 0 fully saturated rings. The molecule has 0 aliphatic heterocycles. The van der Waals surface area contributed by atoms with Crippen molar-refractivity contribution in [2.75, 3.05) is 6.61 Å². The van der Waals surface area contributed by atoms with Gasteiger partial charge >= 0.3 is 0 Å². The third kappa shape index (κ3) is 3.40. The van der Waals surface area contributed by atoms with Crippen molar-refractivity contribution in [1.29, 1.82) is 0 Å². The van der Waals surface area contributed by atoms with E-state index in [1.54, 1.807) is 18.2 Å². The Balaban J connectivity index is 2.56. The summed E-state index contributed by atoms with van der Waals surface area (Å²) in [6, 6.07) is 7.21. The fourth-order valence-corrected chi connectivity index (χ4v) is 1.01. The van der Waals surface area contributed by atoms with Crippen molar-refractivity contribution in [1.82, 2.24) is 0 Å². The van der Waals surface area contributed by atoms with Crippen LogP contribution in [0.15, 0.2) is 24.3 Å². The summed E-state index contributed by atoms with van der Waals surface area (Å²) in [6.45, 7) is 1.47. The molecule has 0 radical (unpaired) electrons. The molecule has 13 heavy (non-hydrogen) atoms.